The number of amides is 2. The molecule has 0 spiro atoms. The summed E-state index contributed by atoms with van der Waals surface area (Å²) in [5.41, 5.74) is 1.31. The third-order valence-corrected chi connectivity index (χ3v) is 3.49. The maximum atomic E-state index is 12.5. The molecule has 2 amide bonds. The van der Waals surface area contributed by atoms with E-state index in [-0.39, 0.29) is 11.8 Å². The van der Waals surface area contributed by atoms with E-state index in [1.165, 1.54) is 13.3 Å². The van der Waals surface area contributed by atoms with Gasteiger partial charge in [-0.15, -0.1) is 0 Å². The molecule has 0 radical (unpaired) electrons. The average Bonchev–Trinajstić information content (AvgIpc) is 2.38. The maximum Gasteiger partial charge on any atom is 0.254 e. The van der Waals surface area contributed by atoms with Crippen molar-refractivity contribution in [3.8, 4) is 0 Å². The number of piperidine rings is 1. The third-order valence-electron chi connectivity index (χ3n) is 3.49. The molecule has 0 saturated carbocycles. The van der Waals surface area contributed by atoms with Crippen LogP contribution in [0.5, 0.6) is 0 Å². The first-order valence-corrected chi connectivity index (χ1v) is 6.76. The van der Waals surface area contributed by atoms with Crippen LogP contribution in [0, 0.1) is 0 Å². The van der Waals surface area contributed by atoms with Crippen molar-refractivity contribution in [2.75, 3.05) is 11.9 Å². The molecule has 4 nitrogen and oxygen atoms in total. The largest absolute Gasteiger partial charge is 0.336 e. The van der Waals surface area contributed by atoms with Crippen LogP contribution in [-0.2, 0) is 4.79 Å². The molecule has 0 unspecified atom stereocenters. The molecule has 1 aromatic rings. The monoisotopic (exact) mass is 260 g/mol. The van der Waals surface area contributed by atoms with E-state index in [1.54, 1.807) is 24.3 Å². The van der Waals surface area contributed by atoms with Crippen LogP contribution in [0.15, 0.2) is 24.3 Å². The van der Waals surface area contributed by atoms with Crippen LogP contribution in [0.1, 0.15) is 43.5 Å². The Morgan fingerprint density at radius 3 is 2.79 bits per heavy atom. The van der Waals surface area contributed by atoms with Gasteiger partial charge in [0.1, 0.15) is 0 Å². The Morgan fingerprint density at radius 2 is 2.11 bits per heavy atom. The summed E-state index contributed by atoms with van der Waals surface area (Å²) in [5.74, 6) is -0.0738. The predicted molar refractivity (Wildman–Crippen MR) is 75.1 cm³/mol. The zero-order valence-corrected chi connectivity index (χ0v) is 11.5. The van der Waals surface area contributed by atoms with Crippen molar-refractivity contribution < 1.29 is 9.59 Å². The molecule has 2 rings (SSSR count). The molecule has 1 atom stereocenters. The minimum absolute atomic E-state index is 0.0550. The zero-order chi connectivity index (χ0) is 13.8. The number of rotatable bonds is 2. The molecule has 0 aliphatic carbocycles. The van der Waals surface area contributed by atoms with E-state index in [1.807, 2.05) is 4.90 Å². The topological polar surface area (TPSA) is 49.4 Å². The van der Waals surface area contributed by atoms with E-state index in [2.05, 4.69) is 12.2 Å². The van der Waals surface area contributed by atoms with Crippen LogP contribution in [-0.4, -0.2) is 29.3 Å². The first kappa shape index (κ1) is 13.6. The minimum Gasteiger partial charge on any atom is -0.336 e. The second kappa shape index (κ2) is 5.87. The molecular formula is C15H20N2O2. The molecule has 0 aromatic heterocycles. The summed E-state index contributed by atoms with van der Waals surface area (Å²) < 4.78 is 0. The maximum absolute atomic E-state index is 12.5. The molecular weight excluding hydrogens is 240 g/mol. The van der Waals surface area contributed by atoms with E-state index < -0.39 is 0 Å². The van der Waals surface area contributed by atoms with Crippen molar-refractivity contribution in [3.63, 3.8) is 0 Å². The van der Waals surface area contributed by atoms with Gasteiger partial charge in [0.05, 0.1) is 0 Å². The number of benzene rings is 1. The summed E-state index contributed by atoms with van der Waals surface area (Å²) in [7, 11) is 0. The van der Waals surface area contributed by atoms with Gasteiger partial charge in [0.2, 0.25) is 5.91 Å². The smallest absolute Gasteiger partial charge is 0.254 e. The Balaban J connectivity index is 2.16. The van der Waals surface area contributed by atoms with Gasteiger partial charge in [0.15, 0.2) is 0 Å². The second-order valence-corrected chi connectivity index (χ2v) is 5.11. The third kappa shape index (κ3) is 3.34. The number of carbonyl (C=O) groups is 2. The molecule has 1 heterocycles. The van der Waals surface area contributed by atoms with Gasteiger partial charge in [0.25, 0.3) is 5.91 Å². The quantitative estimate of drug-likeness (QED) is 0.888. The van der Waals surface area contributed by atoms with Crippen molar-refractivity contribution in [2.45, 2.75) is 39.2 Å². The highest BCUT2D eigenvalue weighted by Gasteiger charge is 2.24. The van der Waals surface area contributed by atoms with Crippen LogP contribution in [0.3, 0.4) is 0 Å². The fourth-order valence-corrected chi connectivity index (χ4v) is 2.50. The molecule has 1 saturated heterocycles. The summed E-state index contributed by atoms with van der Waals surface area (Å²) in [6, 6.07) is 7.43. The Bertz CT molecular complexity index is 485. The van der Waals surface area contributed by atoms with Crippen molar-refractivity contribution >= 4 is 17.5 Å². The van der Waals surface area contributed by atoms with E-state index in [0.29, 0.717) is 17.3 Å². The van der Waals surface area contributed by atoms with Gasteiger partial charge in [-0.05, 0) is 44.4 Å². The number of nitrogens with zero attached hydrogens (tertiary/aromatic N) is 1. The van der Waals surface area contributed by atoms with E-state index in [0.717, 1.165) is 19.4 Å². The molecule has 1 aliphatic heterocycles. The van der Waals surface area contributed by atoms with Crippen molar-refractivity contribution in [2.24, 2.45) is 0 Å². The van der Waals surface area contributed by atoms with Crippen LogP contribution in [0.4, 0.5) is 5.69 Å². The van der Waals surface area contributed by atoms with Gasteiger partial charge in [-0.25, -0.2) is 0 Å². The second-order valence-electron chi connectivity index (χ2n) is 5.11. The summed E-state index contributed by atoms with van der Waals surface area (Å²) in [6.07, 6.45) is 3.33. The average molecular weight is 260 g/mol. The fraction of sp³-hybridized carbons (Fsp3) is 0.467. The van der Waals surface area contributed by atoms with Crippen LogP contribution >= 0.6 is 0 Å². The summed E-state index contributed by atoms with van der Waals surface area (Å²) in [4.78, 5) is 25.4. The molecule has 0 bridgehead atoms. The Labute approximate surface area is 113 Å². The van der Waals surface area contributed by atoms with Gasteiger partial charge in [-0.3, -0.25) is 9.59 Å². The van der Waals surface area contributed by atoms with Gasteiger partial charge in [0, 0.05) is 30.8 Å². The standard InChI is InChI=1S/C15H20N2O2/c1-11-6-3-4-9-17(11)15(19)13-7-5-8-14(10-13)16-12(2)18/h5,7-8,10-11H,3-4,6,9H2,1-2H3,(H,16,18)/t11-/m0/s1. The minimum atomic E-state index is -0.129. The predicted octanol–water partition coefficient (Wildman–Crippen LogP) is 2.66. The first-order valence-electron chi connectivity index (χ1n) is 6.76. The highest BCUT2D eigenvalue weighted by molar-refractivity contribution is 5.97. The van der Waals surface area contributed by atoms with Crippen LogP contribution < -0.4 is 5.32 Å². The summed E-state index contributed by atoms with van der Waals surface area (Å²) in [5, 5.41) is 2.70. The highest BCUT2D eigenvalue weighted by Crippen LogP contribution is 2.20. The van der Waals surface area contributed by atoms with E-state index in [4.69, 9.17) is 0 Å². The lowest BCUT2D eigenvalue weighted by atomic mass is 10.0. The van der Waals surface area contributed by atoms with Gasteiger partial charge >= 0.3 is 0 Å². The van der Waals surface area contributed by atoms with E-state index in [9.17, 15) is 9.59 Å². The number of hydrogen-bond donors (Lipinski definition) is 1. The lowest BCUT2D eigenvalue weighted by molar-refractivity contribution is -0.114. The van der Waals surface area contributed by atoms with Crippen molar-refractivity contribution in [1.29, 1.82) is 0 Å². The molecule has 19 heavy (non-hydrogen) atoms. The van der Waals surface area contributed by atoms with Gasteiger partial charge in [-0.1, -0.05) is 6.07 Å². The normalized spacial score (nSPS) is 19.1. The molecule has 1 aromatic carbocycles. The van der Waals surface area contributed by atoms with Crippen molar-refractivity contribution in [1.82, 2.24) is 4.90 Å². The summed E-state index contributed by atoms with van der Waals surface area (Å²) >= 11 is 0. The molecule has 1 fully saturated rings. The van der Waals surface area contributed by atoms with Gasteiger partial charge in [-0.2, -0.15) is 0 Å². The van der Waals surface area contributed by atoms with Gasteiger partial charge < -0.3 is 10.2 Å². The number of anilines is 1. The van der Waals surface area contributed by atoms with Crippen LogP contribution in [0.25, 0.3) is 0 Å². The number of carbonyl (C=O) groups excluding carboxylic acids is 2. The molecule has 102 valence electrons. The van der Waals surface area contributed by atoms with E-state index >= 15 is 0 Å². The lowest BCUT2D eigenvalue weighted by Gasteiger charge is -2.33. The lowest BCUT2D eigenvalue weighted by Crippen LogP contribution is -2.42. The number of nitrogens with one attached hydrogen (secondary N) is 1. The molecule has 1 N–H and O–H groups in total. The fourth-order valence-electron chi connectivity index (χ4n) is 2.50. The summed E-state index contributed by atoms with van der Waals surface area (Å²) in [6.45, 7) is 4.38. The Kier molecular flexibility index (Phi) is 4.20. The molecule has 1 aliphatic rings. The van der Waals surface area contributed by atoms with Crippen molar-refractivity contribution in [3.05, 3.63) is 29.8 Å². The number of likely N-dealkylation sites (tertiary alicyclic amines) is 1. The Morgan fingerprint density at radius 1 is 1.32 bits per heavy atom. The first-order chi connectivity index (χ1) is 9.08. The SMILES string of the molecule is CC(=O)Nc1cccc(C(=O)N2CCCC[C@@H]2C)c1. The molecule has 4 heteroatoms. The Hall–Kier alpha value is -1.84. The van der Waals surface area contributed by atoms with Crippen LogP contribution in [0.2, 0.25) is 0 Å². The zero-order valence-electron chi connectivity index (χ0n) is 11.5. The highest BCUT2D eigenvalue weighted by atomic mass is 16.2. The number of hydrogen-bond acceptors (Lipinski definition) is 2.